The van der Waals surface area contributed by atoms with Crippen LogP contribution in [0.5, 0.6) is 17.2 Å². The van der Waals surface area contributed by atoms with Crippen LogP contribution in [-0.2, 0) is 28.9 Å². The van der Waals surface area contributed by atoms with Crippen LogP contribution in [0.4, 0.5) is 5.69 Å². The van der Waals surface area contributed by atoms with E-state index in [2.05, 4.69) is 5.32 Å². The molecule has 8 nitrogen and oxygen atoms in total. The summed E-state index contributed by atoms with van der Waals surface area (Å²) in [5, 5.41) is 14.5. The van der Waals surface area contributed by atoms with E-state index in [1.807, 2.05) is 68.1 Å². The highest BCUT2D eigenvalue weighted by molar-refractivity contribution is 6.30. The number of carboxylic acids is 1. The number of rotatable bonds is 8. The number of aryl methyl sites for hydroxylation is 2. The summed E-state index contributed by atoms with van der Waals surface area (Å²) in [7, 11) is 0. The molecule has 220 valence electrons. The van der Waals surface area contributed by atoms with Crippen LogP contribution in [0.15, 0.2) is 42.5 Å². The van der Waals surface area contributed by atoms with Gasteiger partial charge in [0.15, 0.2) is 11.5 Å². The van der Waals surface area contributed by atoms with Crippen LogP contribution in [-0.4, -0.2) is 48.4 Å². The first-order valence-corrected chi connectivity index (χ1v) is 14.9. The fourth-order valence-electron chi connectivity index (χ4n) is 6.83. The van der Waals surface area contributed by atoms with Gasteiger partial charge in [-0.05, 0) is 77.4 Å². The molecule has 0 spiro atoms. The number of carboxylic acid groups (broad SMARTS) is 1. The van der Waals surface area contributed by atoms with E-state index >= 15 is 0 Å². The Morgan fingerprint density at radius 2 is 1.76 bits per heavy atom. The SMILES string of the molecule is CCc1cc(Cl)cc(CC)c1NC(=O)CN1C[C@H](c2ccc3c(c2C)OCO3)C(C(=O)O)[C@@H]1c1ccc2c(c1)CCO2. The van der Waals surface area contributed by atoms with E-state index in [-0.39, 0.29) is 25.2 Å². The zero-order valence-corrected chi connectivity index (χ0v) is 24.8. The number of ether oxygens (including phenoxy) is 3. The largest absolute Gasteiger partial charge is 0.493 e. The normalized spacial score (nSPS) is 20.8. The zero-order chi connectivity index (χ0) is 29.5. The zero-order valence-electron chi connectivity index (χ0n) is 24.0. The third-order valence-electron chi connectivity index (χ3n) is 8.81. The van der Waals surface area contributed by atoms with Crippen molar-refractivity contribution in [1.82, 2.24) is 4.90 Å². The van der Waals surface area contributed by atoms with Gasteiger partial charge in [-0.1, -0.05) is 43.6 Å². The minimum atomic E-state index is -0.902. The maximum absolute atomic E-state index is 13.7. The topological polar surface area (TPSA) is 97.3 Å². The van der Waals surface area contributed by atoms with Crippen LogP contribution in [0.1, 0.15) is 59.2 Å². The van der Waals surface area contributed by atoms with Gasteiger partial charge in [0.1, 0.15) is 5.75 Å². The molecule has 3 aliphatic rings. The smallest absolute Gasteiger partial charge is 0.309 e. The molecule has 3 aliphatic heterocycles. The lowest BCUT2D eigenvalue weighted by Gasteiger charge is -2.27. The molecule has 1 saturated heterocycles. The van der Waals surface area contributed by atoms with Crippen LogP contribution < -0.4 is 19.5 Å². The van der Waals surface area contributed by atoms with Gasteiger partial charge >= 0.3 is 5.97 Å². The van der Waals surface area contributed by atoms with Crippen molar-refractivity contribution < 1.29 is 28.9 Å². The van der Waals surface area contributed by atoms with Crippen molar-refractivity contribution in [2.75, 3.05) is 31.8 Å². The number of anilines is 1. The van der Waals surface area contributed by atoms with E-state index in [1.165, 1.54) is 0 Å². The number of aliphatic carboxylic acids is 1. The average Bonchev–Trinajstić information content (AvgIpc) is 3.72. The first kappa shape index (κ1) is 28.4. The first-order valence-electron chi connectivity index (χ1n) is 14.5. The molecule has 1 amide bonds. The number of hydrogen-bond acceptors (Lipinski definition) is 6. The number of hydrogen-bond donors (Lipinski definition) is 2. The minimum absolute atomic E-state index is 0.0388. The number of benzene rings is 3. The van der Waals surface area contributed by atoms with Crippen molar-refractivity contribution in [3.8, 4) is 17.2 Å². The third-order valence-corrected chi connectivity index (χ3v) is 9.02. The van der Waals surface area contributed by atoms with Crippen LogP contribution in [0, 0.1) is 12.8 Å². The number of likely N-dealkylation sites (tertiary alicyclic amines) is 1. The second-order valence-corrected chi connectivity index (χ2v) is 11.6. The number of amides is 1. The summed E-state index contributed by atoms with van der Waals surface area (Å²) in [6.45, 7) is 7.19. The Balaban J connectivity index is 1.37. The summed E-state index contributed by atoms with van der Waals surface area (Å²) in [5.74, 6) is -0.102. The Hall–Kier alpha value is -3.75. The molecule has 3 atom stereocenters. The third kappa shape index (κ3) is 5.07. The number of halogens is 1. The molecular weight excluding hydrogens is 556 g/mol. The Morgan fingerprint density at radius 3 is 2.48 bits per heavy atom. The quantitative estimate of drug-likeness (QED) is 0.336. The molecular formula is C33H35ClN2O6. The van der Waals surface area contributed by atoms with E-state index in [0.717, 1.165) is 64.1 Å². The summed E-state index contributed by atoms with van der Waals surface area (Å²) in [6, 6.07) is 13.0. The molecule has 6 rings (SSSR count). The van der Waals surface area contributed by atoms with Gasteiger partial charge < -0.3 is 24.6 Å². The summed E-state index contributed by atoms with van der Waals surface area (Å²) >= 11 is 6.35. The van der Waals surface area contributed by atoms with Gasteiger partial charge in [0.05, 0.1) is 19.1 Å². The molecule has 0 bridgehead atoms. The van der Waals surface area contributed by atoms with Gasteiger partial charge in [0.2, 0.25) is 12.7 Å². The first-order chi connectivity index (χ1) is 20.3. The monoisotopic (exact) mass is 590 g/mol. The van der Waals surface area contributed by atoms with Crippen molar-refractivity contribution in [2.45, 2.75) is 52.0 Å². The fraction of sp³-hybridized carbons (Fsp3) is 0.394. The van der Waals surface area contributed by atoms with Crippen molar-refractivity contribution in [3.05, 3.63) is 80.9 Å². The summed E-state index contributed by atoms with van der Waals surface area (Å²) in [6.07, 6.45) is 2.22. The number of carbonyl (C=O) groups excluding carboxylic acids is 1. The maximum atomic E-state index is 13.7. The van der Waals surface area contributed by atoms with Crippen LogP contribution in [0.2, 0.25) is 5.02 Å². The fourth-order valence-corrected chi connectivity index (χ4v) is 7.10. The number of carbonyl (C=O) groups is 2. The van der Waals surface area contributed by atoms with Gasteiger partial charge in [-0.2, -0.15) is 0 Å². The summed E-state index contributed by atoms with van der Waals surface area (Å²) in [5.41, 5.74) is 6.43. The van der Waals surface area contributed by atoms with E-state index in [0.29, 0.717) is 29.7 Å². The van der Waals surface area contributed by atoms with Gasteiger partial charge in [-0.3, -0.25) is 14.5 Å². The van der Waals surface area contributed by atoms with Crippen molar-refractivity contribution in [1.29, 1.82) is 0 Å². The average molecular weight is 591 g/mol. The van der Waals surface area contributed by atoms with Crippen molar-refractivity contribution in [3.63, 3.8) is 0 Å². The molecule has 42 heavy (non-hydrogen) atoms. The molecule has 0 aromatic heterocycles. The Labute approximate surface area is 250 Å². The number of fused-ring (bicyclic) bond motifs is 2. The standard InChI is InChI=1S/C33H35ClN2O6/c1-4-19-13-23(34)14-20(5-2)30(19)35-28(37)16-36-15-25(24-7-9-27-32(18(24)3)42-17-41-27)29(33(38)39)31(36)22-6-8-26-21(12-22)10-11-40-26/h6-9,12-14,25,29,31H,4-5,10-11,15-17H2,1-3H3,(H,35,37)(H,38,39)/t25-,29?,31+/m1/s1. The molecule has 0 aliphatic carbocycles. The molecule has 3 heterocycles. The van der Waals surface area contributed by atoms with Crippen LogP contribution >= 0.6 is 11.6 Å². The molecule has 9 heteroatoms. The van der Waals surface area contributed by atoms with E-state index in [4.69, 9.17) is 25.8 Å². The Bertz CT molecular complexity index is 1530. The predicted molar refractivity (Wildman–Crippen MR) is 160 cm³/mol. The highest BCUT2D eigenvalue weighted by Gasteiger charge is 2.49. The lowest BCUT2D eigenvalue weighted by atomic mass is 9.81. The van der Waals surface area contributed by atoms with Gasteiger partial charge in [-0.15, -0.1) is 0 Å². The number of nitrogens with one attached hydrogen (secondary N) is 1. The second-order valence-electron chi connectivity index (χ2n) is 11.2. The van der Waals surface area contributed by atoms with E-state index in [1.54, 1.807) is 0 Å². The number of nitrogens with zero attached hydrogens (tertiary/aromatic N) is 1. The molecule has 3 aromatic rings. The Morgan fingerprint density at radius 1 is 1.02 bits per heavy atom. The lowest BCUT2D eigenvalue weighted by Crippen LogP contribution is -2.35. The molecule has 1 unspecified atom stereocenters. The van der Waals surface area contributed by atoms with Crippen LogP contribution in [0.25, 0.3) is 0 Å². The van der Waals surface area contributed by atoms with Gasteiger partial charge in [-0.25, -0.2) is 0 Å². The highest BCUT2D eigenvalue weighted by Crippen LogP contribution is 2.50. The highest BCUT2D eigenvalue weighted by atomic mass is 35.5. The lowest BCUT2D eigenvalue weighted by molar-refractivity contribution is -0.143. The summed E-state index contributed by atoms with van der Waals surface area (Å²) in [4.78, 5) is 28.8. The second kappa shape index (κ2) is 11.5. The van der Waals surface area contributed by atoms with Gasteiger partial charge in [0, 0.05) is 35.6 Å². The summed E-state index contributed by atoms with van der Waals surface area (Å²) < 4.78 is 17.0. The van der Waals surface area contributed by atoms with Crippen LogP contribution in [0.3, 0.4) is 0 Å². The minimum Gasteiger partial charge on any atom is -0.493 e. The predicted octanol–water partition coefficient (Wildman–Crippen LogP) is 5.92. The molecule has 0 radical (unpaired) electrons. The van der Waals surface area contributed by atoms with E-state index < -0.39 is 17.9 Å². The van der Waals surface area contributed by atoms with E-state index in [9.17, 15) is 14.7 Å². The van der Waals surface area contributed by atoms with Crippen molar-refractivity contribution in [2.24, 2.45) is 5.92 Å². The Kier molecular flexibility index (Phi) is 7.77. The molecule has 2 N–H and O–H groups in total. The molecule has 0 saturated carbocycles. The molecule has 3 aromatic carbocycles. The maximum Gasteiger partial charge on any atom is 0.309 e. The van der Waals surface area contributed by atoms with Crippen molar-refractivity contribution >= 4 is 29.2 Å². The van der Waals surface area contributed by atoms with Gasteiger partial charge in [0.25, 0.3) is 0 Å². The molecule has 1 fully saturated rings.